The van der Waals surface area contributed by atoms with Crippen LogP contribution < -0.4 is 3.11 Å². The molecule has 7 nitrogen and oxygen atoms in total. The smallest absolute Gasteiger partial charge is 0.236 e. The number of aliphatic imine (C=N–C) groups is 1. The maximum absolute atomic E-state index is 15.1. The number of halogens is 3. The monoisotopic (exact) mass is 528 g/mol. The zero-order valence-corrected chi connectivity index (χ0v) is 18.5. The number of nitrogens with zero attached hydrogens (tertiary/aromatic N) is 4. The molecule has 1 N–H and O–H groups in total. The minimum atomic E-state index is -3.88. The van der Waals surface area contributed by atoms with E-state index in [0.29, 0.717) is 31.0 Å². The molecule has 3 aliphatic rings. The number of fused-ring (bicyclic) bond motifs is 2. The Morgan fingerprint density at radius 2 is 2.07 bits per heavy atom. The summed E-state index contributed by atoms with van der Waals surface area (Å²) in [6.45, 7) is 3.49. The Hall–Kier alpha value is -0.690. The van der Waals surface area contributed by atoms with E-state index in [1.807, 2.05) is 34.8 Å². The summed E-state index contributed by atoms with van der Waals surface area (Å²) in [5.41, 5.74) is 0.517. The van der Waals surface area contributed by atoms with Crippen molar-refractivity contribution < 1.29 is 17.9 Å². The number of likely N-dealkylation sites (N-methyl/N-ethyl adjacent to an activating group) is 1. The Balaban J connectivity index is 2.07. The topological polar surface area (TPSA) is 76.5 Å². The van der Waals surface area contributed by atoms with Gasteiger partial charge in [-0.1, -0.05) is 11.6 Å². The maximum Gasteiger partial charge on any atom is 0.236 e. The van der Waals surface area contributed by atoms with Crippen molar-refractivity contribution in [3.05, 3.63) is 22.0 Å². The van der Waals surface area contributed by atoms with Crippen molar-refractivity contribution in [3.63, 3.8) is 0 Å². The number of aliphatic hydroxyl groups is 1. The summed E-state index contributed by atoms with van der Waals surface area (Å²) in [5.74, 6) is -0.674. The molecule has 27 heavy (non-hydrogen) atoms. The lowest BCUT2D eigenvalue weighted by Crippen LogP contribution is -2.57. The van der Waals surface area contributed by atoms with Crippen LogP contribution in [0.4, 0.5) is 10.1 Å². The molecule has 11 heteroatoms. The first kappa shape index (κ1) is 19.6. The lowest BCUT2D eigenvalue weighted by Gasteiger charge is -2.45. The van der Waals surface area contributed by atoms with E-state index in [4.69, 9.17) is 11.6 Å². The highest BCUT2D eigenvalue weighted by Gasteiger charge is 2.43. The minimum absolute atomic E-state index is 0.0552. The summed E-state index contributed by atoms with van der Waals surface area (Å²) in [4.78, 5) is 8.10. The number of piperazine rings is 1. The lowest BCUT2D eigenvalue weighted by molar-refractivity contribution is 0.142. The molecule has 1 saturated heterocycles. The van der Waals surface area contributed by atoms with Crippen LogP contribution >= 0.6 is 34.5 Å². The molecule has 2 atom stereocenters. The second-order valence-electron chi connectivity index (χ2n) is 7.13. The first-order chi connectivity index (χ1) is 12.6. The van der Waals surface area contributed by atoms with Gasteiger partial charge in [-0.15, -0.1) is 0 Å². The summed E-state index contributed by atoms with van der Waals surface area (Å²) >= 11 is 8.23. The predicted octanol–water partition coefficient (Wildman–Crippen LogP) is 1.77. The summed E-state index contributed by atoms with van der Waals surface area (Å²) in [5, 5.41) is 10.5. The fraction of sp³-hybridized carbons (Fsp3) is 0.562. The molecule has 3 aliphatic heterocycles. The van der Waals surface area contributed by atoms with E-state index in [0.717, 1.165) is 6.54 Å². The molecule has 0 amide bonds. The Kier molecular flexibility index (Phi) is 4.86. The minimum Gasteiger partial charge on any atom is -0.354 e. The largest absolute Gasteiger partial charge is 0.354 e. The Morgan fingerprint density at radius 3 is 2.78 bits per heavy atom. The number of aliphatic hydroxyl groups excluding tert-OH is 1. The Morgan fingerprint density at radius 1 is 1.37 bits per heavy atom. The Bertz CT molecular complexity index is 958. The van der Waals surface area contributed by atoms with Crippen molar-refractivity contribution in [2.75, 3.05) is 35.5 Å². The summed E-state index contributed by atoms with van der Waals surface area (Å²) in [6.07, 6.45) is -0.864. The van der Waals surface area contributed by atoms with Crippen LogP contribution in [-0.4, -0.2) is 74.0 Å². The summed E-state index contributed by atoms with van der Waals surface area (Å²) in [7, 11) is -1.90. The van der Waals surface area contributed by atoms with E-state index in [1.165, 1.54) is 10.0 Å². The molecule has 0 saturated carbocycles. The van der Waals surface area contributed by atoms with Crippen LogP contribution in [-0.2, 0) is 9.84 Å². The van der Waals surface area contributed by atoms with Gasteiger partial charge in [0.25, 0.3) is 0 Å². The van der Waals surface area contributed by atoms with Crippen molar-refractivity contribution in [1.82, 2.24) is 9.80 Å². The van der Waals surface area contributed by atoms with Crippen molar-refractivity contribution >= 4 is 55.8 Å². The summed E-state index contributed by atoms with van der Waals surface area (Å²) < 4.78 is 42.6. The number of benzene rings is 1. The third-order valence-corrected chi connectivity index (χ3v) is 8.62. The molecular formula is C16H19ClFIN4O3S. The number of amidine groups is 1. The normalized spacial score (nSPS) is 27.4. The van der Waals surface area contributed by atoms with Crippen LogP contribution in [0.2, 0.25) is 5.02 Å². The van der Waals surface area contributed by atoms with Gasteiger partial charge in [0.15, 0.2) is 9.84 Å². The fourth-order valence-corrected chi connectivity index (χ4v) is 6.69. The van der Waals surface area contributed by atoms with Gasteiger partial charge in [-0.2, -0.15) is 0 Å². The van der Waals surface area contributed by atoms with Crippen LogP contribution in [0.15, 0.2) is 9.89 Å². The van der Waals surface area contributed by atoms with Crippen molar-refractivity contribution in [1.29, 1.82) is 0 Å². The average Bonchev–Trinajstić information content (AvgIpc) is 2.60. The van der Waals surface area contributed by atoms with E-state index >= 15 is 4.39 Å². The van der Waals surface area contributed by atoms with Gasteiger partial charge in [0.1, 0.15) is 16.5 Å². The maximum atomic E-state index is 15.1. The molecule has 148 valence electrons. The summed E-state index contributed by atoms with van der Waals surface area (Å²) in [6, 6.07) is -0.0885. The highest BCUT2D eigenvalue weighted by Crippen LogP contribution is 2.46. The number of rotatable bonds is 0. The first-order valence-corrected chi connectivity index (χ1v) is 11.5. The molecule has 0 spiro atoms. The number of hydrogen-bond donors (Lipinski definition) is 1. The number of hydrogen-bond acceptors (Lipinski definition) is 7. The van der Waals surface area contributed by atoms with Crippen molar-refractivity contribution in [3.8, 4) is 0 Å². The molecule has 4 rings (SSSR count). The van der Waals surface area contributed by atoms with E-state index in [1.54, 1.807) is 0 Å². The molecule has 0 radical (unpaired) electrons. The van der Waals surface area contributed by atoms with Gasteiger partial charge >= 0.3 is 0 Å². The van der Waals surface area contributed by atoms with Crippen LogP contribution in [0.25, 0.3) is 0 Å². The third-order valence-electron chi connectivity index (χ3n) is 5.40. The van der Waals surface area contributed by atoms with E-state index in [-0.39, 0.29) is 32.8 Å². The van der Waals surface area contributed by atoms with Gasteiger partial charge in [-0.25, -0.2) is 17.8 Å². The van der Waals surface area contributed by atoms with Gasteiger partial charge in [-0.05, 0) is 20.4 Å². The van der Waals surface area contributed by atoms with E-state index in [2.05, 4.69) is 9.89 Å². The van der Waals surface area contributed by atoms with Gasteiger partial charge in [-0.3, -0.25) is 3.11 Å². The average molecular weight is 529 g/mol. The molecule has 3 heterocycles. The SMILES string of the molecule is Cc1c(F)c2c3c(c1Cl)N(I)C(O)N=C3N1CCN(C)CC1CCS2(=O)=O. The second kappa shape index (κ2) is 6.68. The van der Waals surface area contributed by atoms with Crippen LogP contribution in [0.1, 0.15) is 17.5 Å². The molecule has 1 fully saturated rings. The number of anilines is 1. The number of sulfone groups is 1. The standard InChI is InChI=1S/C16H19ClFIN4O3S/c1-8-11(17)13-10-14(12(8)18)27(25,26)6-3-9-7-21(2)4-5-22(9)15(10)20-16(24)23(13)19/h9,16,24H,3-7H2,1-2H3. The molecule has 0 aliphatic carbocycles. The van der Waals surface area contributed by atoms with Gasteiger partial charge in [0.05, 0.1) is 44.9 Å². The van der Waals surface area contributed by atoms with E-state index < -0.39 is 22.0 Å². The third kappa shape index (κ3) is 2.95. The van der Waals surface area contributed by atoms with Crippen LogP contribution in [0.5, 0.6) is 0 Å². The van der Waals surface area contributed by atoms with Gasteiger partial charge in [0, 0.05) is 31.2 Å². The van der Waals surface area contributed by atoms with Gasteiger partial charge in [0.2, 0.25) is 6.35 Å². The highest BCUT2D eigenvalue weighted by atomic mass is 127. The zero-order chi connectivity index (χ0) is 19.7. The highest BCUT2D eigenvalue weighted by molar-refractivity contribution is 14.1. The quantitative estimate of drug-likeness (QED) is 0.409. The molecule has 0 bridgehead atoms. The van der Waals surface area contributed by atoms with Crippen LogP contribution in [0, 0.1) is 12.7 Å². The van der Waals surface area contributed by atoms with E-state index in [9.17, 15) is 13.5 Å². The second-order valence-corrected chi connectivity index (χ2v) is 10.6. The molecule has 1 aromatic carbocycles. The zero-order valence-electron chi connectivity index (χ0n) is 14.8. The predicted molar refractivity (Wildman–Crippen MR) is 110 cm³/mol. The molecule has 0 aromatic heterocycles. The first-order valence-electron chi connectivity index (χ1n) is 8.54. The van der Waals surface area contributed by atoms with Crippen molar-refractivity contribution in [2.45, 2.75) is 30.6 Å². The van der Waals surface area contributed by atoms with Crippen molar-refractivity contribution in [2.24, 2.45) is 4.99 Å². The Labute approximate surface area is 176 Å². The van der Waals surface area contributed by atoms with Gasteiger partial charge < -0.3 is 14.9 Å². The molecular weight excluding hydrogens is 510 g/mol. The fourth-order valence-electron chi connectivity index (χ4n) is 3.96. The molecule has 1 aromatic rings. The van der Waals surface area contributed by atoms with Crippen LogP contribution in [0.3, 0.4) is 0 Å². The lowest BCUT2D eigenvalue weighted by atomic mass is 10.0. The molecule has 2 unspecified atom stereocenters.